The van der Waals surface area contributed by atoms with E-state index < -0.39 is 0 Å². The third kappa shape index (κ3) is 5.77. The van der Waals surface area contributed by atoms with Crippen LogP contribution in [0.5, 0.6) is 0 Å². The number of aryl methyl sites for hydroxylation is 2. The predicted molar refractivity (Wildman–Crippen MR) is 144 cm³/mol. The zero-order valence-electron chi connectivity index (χ0n) is 20.6. The van der Waals surface area contributed by atoms with E-state index in [2.05, 4.69) is 116 Å². The smallest absolute Gasteiger partial charge is 0.174 e. The summed E-state index contributed by atoms with van der Waals surface area (Å²) in [5, 5.41) is 19.4. The summed E-state index contributed by atoms with van der Waals surface area (Å²) in [6.45, 7) is 0.903. The van der Waals surface area contributed by atoms with Gasteiger partial charge >= 0.3 is 0 Å². The molecule has 0 spiro atoms. The van der Waals surface area contributed by atoms with Gasteiger partial charge in [0.15, 0.2) is 5.82 Å². The summed E-state index contributed by atoms with van der Waals surface area (Å²) < 4.78 is 2.23. The molecule has 0 aliphatic heterocycles. The van der Waals surface area contributed by atoms with Crippen molar-refractivity contribution in [1.82, 2.24) is 30.4 Å². The Morgan fingerprint density at radius 2 is 1.19 bits per heavy atom. The van der Waals surface area contributed by atoms with Crippen LogP contribution in [0.3, 0.4) is 0 Å². The zero-order valence-corrected chi connectivity index (χ0v) is 20.6. The summed E-state index contributed by atoms with van der Waals surface area (Å²) in [5.41, 5.74) is 6.99. The average molecular weight is 477 g/mol. The molecule has 1 N–H and O–H groups in total. The van der Waals surface area contributed by atoms with E-state index in [4.69, 9.17) is 5.10 Å². The van der Waals surface area contributed by atoms with Crippen molar-refractivity contribution in [2.45, 2.75) is 51.5 Å². The number of hydrogen-bond donors (Lipinski definition) is 1. The highest BCUT2D eigenvalue weighted by Gasteiger charge is 2.21. The van der Waals surface area contributed by atoms with Crippen LogP contribution in [0.15, 0.2) is 91.0 Å². The fourth-order valence-electron chi connectivity index (χ4n) is 4.73. The number of aromatic amines is 1. The van der Waals surface area contributed by atoms with Crippen molar-refractivity contribution in [3.63, 3.8) is 0 Å². The molecule has 5 aromatic rings. The molecule has 0 fully saturated rings. The summed E-state index contributed by atoms with van der Waals surface area (Å²) in [7, 11) is 0. The number of benzene rings is 3. The molecule has 0 amide bonds. The van der Waals surface area contributed by atoms with Gasteiger partial charge in [-0.3, -0.25) is 4.68 Å². The lowest BCUT2D eigenvalue weighted by molar-refractivity contribution is 0.527. The number of rotatable bonds is 12. The molecule has 3 aromatic carbocycles. The van der Waals surface area contributed by atoms with Gasteiger partial charge in [-0.1, -0.05) is 122 Å². The minimum Gasteiger partial charge on any atom is -0.264 e. The second-order valence-electron chi connectivity index (χ2n) is 9.09. The number of aromatic nitrogens is 6. The molecule has 0 unspecified atom stereocenters. The van der Waals surface area contributed by atoms with E-state index in [9.17, 15) is 0 Å². The lowest BCUT2D eigenvalue weighted by Gasteiger charge is -2.11. The molecular formula is C30H32N6. The van der Waals surface area contributed by atoms with Gasteiger partial charge in [0.05, 0.1) is 5.69 Å². The number of nitrogens with one attached hydrogen (secondary N) is 1. The lowest BCUT2D eigenvalue weighted by Crippen LogP contribution is -2.03. The highest BCUT2D eigenvalue weighted by atomic mass is 15.5. The highest BCUT2D eigenvalue weighted by Crippen LogP contribution is 2.40. The van der Waals surface area contributed by atoms with Gasteiger partial charge in [-0.15, -0.1) is 10.2 Å². The molecule has 0 atom stereocenters. The Morgan fingerprint density at radius 3 is 1.83 bits per heavy atom. The Labute approximate surface area is 212 Å². The second-order valence-corrected chi connectivity index (χ2v) is 9.09. The molecule has 0 bridgehead atoms. The Morgan fingerprint density at radius 1 is 0.611 bits per heavy atom. The zero-order chi connectivity index (χ0) is 24.4. The van der Waals surface area contributed by atoms with Crippen LogP contribution in [-0.4, -0.2) is 30.4 Å². The topological polar surface area (TPSA) is 72.3 Å². The number of nitrogens with zero attached hydrogens (tertiary/aromatic N) is 5. The first-order valence-electron chi connectivity index (χ1n) is 12.9. The summed E-state index contributed by atoms with van der Waals surface area (Å²) in [5.74, 6) is 0.811. The molecule has 182 valence electrons. The van der Waals surface area contributed by atoms with Gasteiger partial charge < -0.3 is 0 Å². The van der Waals surface area contributed by atoms with Crippen molar-refractivity contribution < 1.29 is 0 Å². The van der Waals surface area contributed by atoms with E-state index in [-0.39, 0.29) is 0 Å². The Bertz CT molecular complexity index is 1310. The molecule has 0 saturated heterocycles. The predicted octanol–water partition coefficient (Wildman–Crippen LogP) is 6.98. The molecule has 0 saturated carbocycles. The van der Waals surface area contributed by atoms with E-state index in [1.165, 1.54) is 48.1 Å². The summed E-state index contributed by atoms with van der Waals surface area (Å²) in [4.78, 5) is 0. The molecule has 6 heteroatoms. The van der Waals surface area contributed by atoms with Crippen LogP contribution in [0.1, 0.15) is 44.3 Å². The van der Waals surface area contributed by atoms with Crippen LogP contribution in [0, 0.1) is 0 Å². The van der Waals surface area contributed by atoms with E-state index in [0.29, 0.717) is 0 Å². The van der Waals surface area contributed by atoms with Crippen LogP contribution in [0.4, 0.5) is 0 Å². The van der Waals surface area contributed by atoms with Crippen molar-refractivity contribution in [3.8, 4) is 33.6 Å². The Kier molecular flexibility index (Phi) is 7.93. The van der Waals surface area contributed by atoms with Crippen molar-refractivity contribution in [3.05, 3.63) is 96.8 Å². The van der Waals surface area contributed by atoms with Crippen molar-refractivity contribution in [2.75, 3.05) is 0 Å². The highest BCUT2D eigenvalue weighted by molar-refractivity contribution is 5.91. The minimum atomic E-state index is 0.811. The van der Waals surface area contributed by atoms with Crippen molar-refractivity contribution in [1.29, 1.82) is 0 Å². The van der Waals surface area contributed by atoms with E-state index in [1.54, 1.807) is 0 Å². The number of hydrogen-bond acceptors (Lipinski definition) is 4. The molecule has 2 aromatic heterocycles. The normalized spacial score (nSPS) is 11.1. The van der Waals surface area contributed by atoms with Crippen LogP contribution >= 0.6 is 0 Å². The molecule has 0 radical (unpaired) electrons. The van der Waals surface area contributed by atoms with E-state index >= 15 is 0 Å². The van der Waals surface area contributed by atoms with E-state index in [1.807, 2.05) is 0 Å². The first-order valence-corrected chi connectivity index (χ1v) is 12.9. The number of H-pyrrole nitrogens is 1. The SMILES string of the molecule is c1ccc(-c2nn(CCCCCCCCc3nn[nH]n3)c(-c3ccccc3)c2-c2ccccc2)cc1. The third-order valence-electron chi connectivity index (χ3n) is 6.52. The maximum absolute atomic E-state index is 5.20. The summed E-state index contributed by atoms with van der Waals surface area (Å²) >= 11 is 0. The average Bonchev–Trinajstić information content (AvgIpc) is 3.60. The minimum absolute atomic E-state index is 0.811. The maximum atomic E-state index is 5.20. The fraction of sp³-hybridized carbons (Fsp3) is 0.267. The largest absolute Gasteiger partial charge is 0.264 e. The van der Waals surface area contributed by atoms with Gasteiger partial charge in [0.1, 0.15) is 5.69 Å². The van der Waals surface area contributed by atoms with Gasteiger partial charge in [-0.25, -0.2) is 0 Å². The van der Waals surface area contributed by atoms with Crippen LogP contribution in [-0.2, 0) is 13.0 Å². The maximum Gasteiger partial charge on any atom is 0.174 e. The second kappa shape index (κ2) is 12.1. The van der Waals surface area contributed by atoms with Crippen LogP contribution in [0.2, 0.25) is 0 Å². The van der Waals surface area contributed by atoms with Gasteiger partial charge in [0.2, 0.25) is 0 Å². The quantitative estimate of drug-likeness (QED) is 0.197. The van der Waals surface area contributed by atoms with E-state index in [0.717, 1.165) is 42.9 Å². The molecule has 0 aliphatic rings. The number of tetrazole rings is 1. The molecule has 2 heterocycles. The summed E-state index contributed by atoms with van der Waals surface area (Å²) in [6.07, 6.45) is 7.96. The Balaban J connectivity index is 1.34. The van der Waals surface area contributed by atoms with Crippen LogP contribution < -0.4 is 0 Å². The molecular weight excluding hydrogens is 444 g/mol. The fourth-order valence-corrected chi connectivity index (χ4v) is 4.73. The molecule has 0 aliphatic carbocycles. The van der Waals surface area contributed by atoms with Crippen LogP contribution in [0.25, 0.3) is 33.6 Å². The Hall–Kier alpha value is -4.06. The first kappa shape index (κ1) is 23.7. The molecule has 5 rings (SSSR count). The summed E-state index contributed by atoms with van der Waals surface area (Å²) in [6, 6.07) is 31.9. The van der Waals surface area contributed by atoms with Gasteiger partial charge in [-0.05, 0) is 18.4 Å². The van der Waals surface area contributed by atoms with Crippen molar-refractivity contribution >= 4 is 0 Å². The molecule has 6 nitrogen and oxygen atoms in total. The first-order chi connectivity index (χ1) is 17.9. The van der Waals surface area contributed by atoms with Gasteiger partial charge in [0, 0.05) is 29.7 Å². The number of unbranched alkanes of at least 4 members (excludes halogenated alkanes) is 5. The van der Waals surface area contributed by atoms with Crippen molar-refractivity contribution in [2.24, 2.45) is 0 Å². The van der Waals surface area contributed by atoms with Gasteiger partial charge in [0.25, 0.3) is 0 Å². The third-order valence-corrected chi connectivity index (χ3v) is 6.52. The lowest BCUT2D eigenvalue weighted by atomic mass is 9.96. The molecule has 36 heavy (non-hydrogen) atoms. The monoisotopic (exact) mass is 476 g/mol. The standard InChI is InChI=1S/C30H32N6/c1(3-14-22-27-31-34-35-32-27)2-4-15-23-36-30(26-20-12-7-13-21-26)28(24-16-8-5-9-17-24)29(33-36)25-18-10-6-11-19-25/h5-13,16-21H,1-4,14-15,22-23H2,(H,31,32,34,35). The van der Waals surface area contributed by atoms with Gasteiger partial charge in [-0.2, -0.15) is 10.3 Å².